The van der Waals surface area contributed by atoms with Crippen LogP contribution in [-0.2, 0) is 27.8 Å². The predicted molar refractivity (Wildman–Crippen MR) is 120 cm³/mol. The molecule has 0 atom stereocenters. The van der Waals surface area contributed by atoms with Crippen LogP contribution in [0, 0.1) is 5.82 Å². The third-order valence-corrected chi connectivity index (χ3v) is 7.14. The van der Waals surface area contributed by atoms with Crippen molar-refractivity contribution in [3.8, 4) is 5.75 Å². The third-order valence-electron chi connectivity index (χ3n) is 5.28. The monoisotopic (exact) mass is 468 g/mol. The first kappa shape index (κ1) is 22.6. The van der Waals surface area contributed by atoms with Gasteiger partial charge in [-0.2, -0.15) is 4.31 Å². The van der Waals surface area contributed by atoms with Crippen LogP contribution in [0.15, 0.2) is 71.6 Å². The standard InChI is InChI=1S/C24H21FN2O5S/c1-16(28)32-23-5-3-2-4-22(23)24(29)26-20-9-6-17-12-13-27(15-18(17)14-20)33(30,31)21-10-7-19(25)8-11-21/h2-11,14H,12-13,15H2,1H3,(H,26,29). The zero-order chi connectivity index (χ0) is 23.6. The van der Waals surface area contributed by atoms with E-state index in [2.05, 4.69) is 5.32 Å². The molecule has 0 spiro atoms. The van der Waals surface area contributed by atoms with Crippen molar-refractivity contribution in [2.24, 2.45) is 0 Å². The van der Waals surface area contributed by atoms with Crippen LogP contribution in [0.4, 0.5) is 10.1 Å². The number of nitrogens with zero attached hydrogens (tertiary/aromatic N) is 1. The Hall–Kier alpha value is -3.56. The number of hydrogen-bond acceptors (Lipinski definition) is 5. The topological polar surface area (TPSA) is 92.8 Å². The van der Waals surface area contributed by atoms with Crippen molar-refractivity contribution in [1.29, 1.82) is 0 Å². The van der Waals surface area contributed by atoms with E-state index in [1.807, 2.05) is 6.07 Å². The lowest BCUT2D eigenvalue weighted by atomic mass is 10.0. The number of para-hydroxylation sites is 1. The number of carbonyl (C=O) groups is 2. The Morgan fingerprint density at radius 3 is 2.45 bits per heavy atom. The molecule has 0 bridgehead atoms. The van der Waals surface area contributed by atoms with Crippen LogP contribution >= 0.6 is 0 Å². The van der Waals surface area contributed by atoms with Gasteiger partial charge in [-0.15, -0.1) is 0 Å². The normalized spacial score (nSPS) is 13.8. The molecule has 3 aromatic rings. The molecule has 1 amide bonds. The van der Waals surface area contributed by atoms with Crippen LogP contribution in [0.25, 0.3) is 0 Å². The summed E-state index contributed by atoms with van der Waals surface area (Å²) in [6, 6.07) is 16.4. The van der Waals surface area contributed by atoms with E-state index in [1.165, 1.54) is 29.4 Å². The minimum atomic E-state index is -3.79. The van der Waals surface area contributed by atoms with E-state index in [0.29, 0.717) is 18.7 Å². The molecular weight excluding hydrogens is 447 g/mol. The molecule has 9 heteroatoms. The van der Waals surface area contributed by atoms with Crippen LogP contribution in [-0.4, -0.2) is 31.1 Å². The maximum Gasteiger partial charge on any atom is 0.308 e. The number of benzene rings is 3. The fourth-order valence-electron chi connectivity index (χ4n) is 3.67. The Bertz CT molecular complexity index is 1320. The molecule has 1 aliphatic rings. The summed E-state index contributed by atoms with van der Waals surface area (Å²) in [5.74, 6) is -1.35. The number of hydrogen-bond donors (Lipinski definition) is 1. The second-order valence-electron chi connectivity index (χ2n) is 7.57. The zero-order valence-corrected chi connectivity index (χ0v) is 18.6. The highest BCUT2D eigenvalue weighted by molar-refractivity contribution is 7.89. The molecule has 3 aromatic carbocycles. The summed E-state index contributed by atoms with van der Waals surface area (Å²) in [6.45, 7) is 1.68. The second-order valence-corrected chi connectivity index (χ2v) is 9.51. The smallest absolute Gasteiger partial charge is 0.308 e. The largest absolute Gasteiger partial charge is 0.426 e. The van der Waals surface area contributed by atoms with Gasteiger partial charge in [-0.05, 0) is 66.1 Å². The maximum atomic E-state index is 13.2. The molecular formula is C24H21FN2O5S. The molecule has 1 N–H and O–H groups in total. The highest BCUT2D eigenvalue weighted by Crippen LogP contribution is 2.28. The van der Waals surface area contributed by atoms with E-state index in [0.717, 1.165) is 23.3 Å². The van der Waals surface area contributed by atoms with Crippen molar-refractivity contribution in [3.63, 3.8) is 0 Å². The molecule has 170 valence electrons. The molecule has 7 nitrogen and oxygen atoms in total. The lowest BCUT2D eigenvalue weighted by molar-refractivity contribution is -0.131. The van der Waals surface area contributed by atoms with Gasteiger partial charge in [0.05, 0.1) is 10.5 Å². The van der Waals surface area contributed by atoms with Crippen molar-refractivity contribution in [3.05, 3.63) is 89.2 Å². The number of rotatable bonds is 5. The first-order valence-electron chi connectivity index (χ1n) is 10.2. The number of sulfonamides is 1. The first-order valence-corrected chi connectivity index (χ1v) is 11.6. The molecule has 0 aliphatic carbocycles. The molecule has 0 radical (unpaired) electrons. The van der Waals surface area contributed by atoms with E-state index >= 15 is 0 Å². The van der Waals surface area contributed by atoms with E-state index in [-0.39, 0.29) is 22.8 Å². The Labute approximate surface area is 190 Å². The third kappa shape index (κ3) is 4.94. The van der Waals surface area contributed by atoms with Crippen LogP contribution < -0.4 is 10.1 Å². The van der Waals surface area contributed by atoms with Gasteiger partial charge in [0.15, 0.2) is 0 Å². The molecule has 0 fully saturated rings. The number of carbonyl (C=O) groups excluding carboxylic acids is 2. The second kappa shape index (κ2) is 9.13. The molecule has 0 saturated carbocycles. The molecule has 0 unspecified atom stereocenters. The van der Waals surface area contributed by atoms with Crippen molar-refractivity contribution in [1.82, 2.24) is 4.31 Å². The molecule has 0 aromatic heterocycles. The quantitative estimate of drug-likeness (QED) is 0.455. The minimum absolute atomic E-state index is 0.0267. The van der Waals surface area contributed by atoms with Crippen molar-refractivity contribution < 1.29 is 27.1 Å². The number of esters is 1. The Morgan fingerprint density at radius 1 is 1.00 bits per heavy atom. The lowest BCUT2D eigenvalue weighted by Crippen LogP contribution is -2.36. The maximum absolute atomic E-state index is 13.2. The molecule has 0 saturated heterocycles. The average Bonchev–Trinajstić information content (AvgIpc) is 2.79. The van der Waals surface area contributed by atoms with E-state index in [1.54, 1.807) is 30.3 Å². The number of amides is 1. The number of halogens is 1. The van der Waals surface area contributed by atoms with E-state index < -0.39 is 27.7 Å². The van der Waals surface area contributed by atoms with Crippen molar-refractivity contribution >= 4 is 27.6 Å². The highest BCUT2D eigenvalue weighted by Gasteiger charge is 2.28. The number of fused-ring (bicyclic) bond motifs is 1. The van der Waals surface area contributed by atoms with Gasteiger partial charge in [0.1, 0.15) is 11.6 Å². The fourth-order valence-corrected chi connectivity index (χ4v) is 5.09. The van der Waals surface area contributed by atoms with Gasteiger partial charge in [0, 0.05) is 25.7 Å². The Morgan fingerprint density at radius 2 is 1.73 bits per heavy atom. The van der Waals surface area contributed by atoms with Gasteiger partial charge < -0.3 is 10.1 Å². The van der Waals surface area contributed by atoms with Crippen LogP contribution in [0.2, 0.25) is 0 Å². The first-order chi connectivity index (χ1) is 15.7. The summed E-state index contributed by atoms with van der Waals surface area (Å²) in [6.07, 6.45) is 0.513. The summed E-state index contributed by atoms with van der Waals surface area (Å²) < 4.78 is 45.6. The van der Waals surface area contributed by atoms with Gasteiger partial charge in [0.2, 0.25) is 10.0 Å². The van der Waals surface area contributed by atoms with E-state index in [9.17, 15) is 22.4 Å². The number of nitrogens with one attached hydrogen (secondary N) is 1. The number of ether oxygens (including phenoxy) is 1. The van der Waals surface area contributed by atoms with Crippen LogP contribution in [0.5, 0.6) is 5.75 Å². The predicted octanol–water partition coefficient (Wildman–Crippen LogP) is 3.75. The summed E-state index contributed by atoms with van der Waals surface area (Å²) in [4.78, 5) is 24.1. The molecule has 4 rings (SSSR count). The fraction of sp³-hybridized carbons (Fsp3) is 0.167. The summed E-state index contributed by atoms with van der Waals surface area (Å²) >= 11 is 0. The average molecular weight is 469 g/mol. The van der Waals surface area contributed by atoms with Gasteiger partial charge in [-0.1, -0.05) is 18.2 Å². The van der Waals surface area contributed by atoms with Gasteiger partial charge in [-0.3, -0.25) is 9.59 Å². The van der Waals surface area contributed by atoms with Gasteiger partial charge >= 0.3 is 5.97 Å². The molecule has 33 heavy (non-hydrogen) atoms. The molecule has 1 heterocycles. The Kier molecular flexibility index (Phi) is 6.26. The molecule has 1 aliphatic heterocycles. The minimum Gasteiger partial charge on any atom is -0.426 e. The summed E-state index contributed by atoms with van der Waals surface area (Å²) in [5, 5.41) is 2.77. The number of anilines is 1. The lowest BCUT2D eigenvalue weighted by Gasteiger charge is -2.28. The SMILES string of the molecule is CC(=O)Oc1ccccc1C(=O)Nc1ccc2c(c1)CN(S(=O)(=O)c1ccc(F)cc1)CC2. The van der Waals surface area contributed by atoms with E-state index in [4.69, 9.17) is 4.74 Å². The van der Waals surface area contributed by atoms with Crippen molar-refractivity contribution in [2.75, 3.05) is 11.9 Å². The van der Waals surface area contributed by atoms with Crippen LogP contribution in [0.1, 0.15) is 28.4 Å². The van der Waals surface area contributed by atoms with Crippen molar-refractivity contribution in [2.45, 2.75) is 24.8 Å². The van der Waals surface area contributed by atoms with Gasteiger partial charge in [-0.25, -0.2) is 12.8 Å². The Balaban J connectivity index is 1.54. The summed E-state index contributed by atoms with van der Waals surface area (Å²) in [5.41, 5.74) is 2.43. The summed E-state index contributed by atoms with van der Waals surface area (Å²) in [7, 11) is -3.79. The van der Waals surface area contributed by atoms with Crippen LogP contribution in [0.3, 0.4) is 0 Å². The highest BCUT2D eigenvalue weighted by atomic mass is 32.2. The zero-order valence-electron chi connectivity index (χ0n) is 17.7. The van der Waals surface area contributed by atoms with Gasteiger partial charge in [0.25, 0.3) is 5.91 Å².